The Hall–Kier alpha value is -3.94. The second-order valence-corrected chi connectivity index (χ2v) is 15.7. The number of aliphatic hydroxyl groups is 1. The Labute approximate surface area is 283 Å². The average Bonchev–Trinajstić information content (AvgIpc) is 3.78. The molecule has 50 heavy (non-hydrogen) atoms. The lowest BCUT2D eigenvalue weighted by Crippen LogP contribution is -2.65. The molecule has 0 radical (unpaired) electrons. The Bertz CT molecular complexity index is 2110. The van der Waals surface area contributed by atoms with Crippen molar-refractivity contribution in [2.45, 2.75) is 73.6 Å². The lowest BCUT2D eigenvalue weighted by Gasteiger charge is -2.53. The van der Waals surface area contributed by atoms with Crippen LogP contribution in [0.2, 0.25) is 0 Å². The van der Waals surface area contributed by atoms with E-state index in [4.69, 9.17) is 0 Å². The number of aromatic nitrogens is 5. The van der Waals surface area contributed by atoms with E-state index in [1.807, 2.05) is 0 Å². The molecule has 0 amide bonds. The summed E-state index contributed by atoms with van der Waals surface area (Å²) in [5, 5.41) is 17.8. The fraction of sp³-hybridized carbons (Fsp3) is 0.419. The second kappa shape index (κ2) is 11.5. The number of carbonyl (C=O) groups is 1. The quantitative estimate of drug-likeness (QED) is 0.190. The number of Topliss-reactive ketones (excluding diaryl/α,β-unsaturated/α-hetero) is 1. The Morgan fingerprint density at radius 3 is 2.34 bits per heavy atom. The molecular formula is C31H27F7N6O4S2. The molecule has 0 spiro atoms. The molecule has 0 unspecified atom stereocenters. The van der Waals surface area contributed by atoms with Crippen molar-refractivity contribution in [2.75, 3.05) is 0 Å². The van der Waals surface area contributed by atoms with Crippen LogP contribution < -0.4 is 0 Å². The predicted octanol–water partition coefficient (Wildman–Crippen LogP) is 5.73. The molecule has 2 fully saturated rings. The number of rotatable bonds is 7. The minimum atomic E-state index is -5.03. The van der Waals surface area contributed by atoms with Crippen molar-refractivity contribution in [2.24, 2.45) is 12.5 Å². The van der Waals surface area contributed by atoms with Crippen molar-refractivity contribution in [3.05, 3.63) is 81.5 Å². The largest absolute Gasteiger partial charge is 0.427 e. The van der Waals surface area contributed by atoms with Crippen molar-refractivity contribution >= 4 is 33.2 Å². The minimum Gasteiger partial charge on any atom is -0.380 e. The minimum absolute atomic E-state index is 0.0273. The van der Waals surface area contributed by atoms with E-state index in [0.717, 1.165) is 4.31 Å². The topological polar surface area (TPSA) is 123 Å². The number of halogens is 7. The first-order valence-electron chi connectivity index (χ1n) is 15.3. The first kappa shape index (κ1) is 34.5. The molecule has 10 nitrogen and oxygen atoms in total. The zero-order chi connectivity index (χ0) is 36.0. The van der Waals surface area contributed by atoms with Crippen LogP contribution in [0.25, 0.3) is 11.8 Å². The fourth-order valence-corrected chi connectivity index (χ4v) is 9.88. The summed E-state index contributed by atoms with van der Waals surface area (Å²) >= 11 is 0.144. The number of carbonyl (C=O) groups excluding carboxylic acids is 1. The first-order chi connectivity index (χ1) is 23.3. The maximum absolute atomic E-state index is 14.5. The van der Waals surface area contributed by atoms with E-state index in [9.17, 15) is 49.1 Å². The third-order valence-corrected chi connectivity index (χ3v) is 12.7. The molecule has 7 rings (SSSR count). The summed E-state index contributed by atoms with van der Waals surface area (Å²) in [5.41, 5.74) is -2.84. The summed E-state index contributed by atoms with van der Waals surface area (Å²) < 4.78 is 128. The van der Waals surface area contributed by atoms with E-state index < -0.39 is 84.8 Å². The second-order valence-electron chi connectivity index (χ2n) is 12.9. The summed E-state index contributed by atoms with van der Waals surface area (Å²) in [5.74, 6) is -1.28. The zero-order valence-electron chi connectivity index (χ0n) is 25.9. The molecule has 0 saturated heterocycles. The van der Waals surface area contributed by atoms with Gasteiger partial charge in [-0.2, -0.15) is 40.8 Å². The van der Waals surface area contributed by atoms with Gasteiger partial charge in [0.2, 0.25) is 5.78 Å². The summed E-state index contributed by atoms with van der Waals surface area (Å²) in [6.07, 6.45) is -7.14. The van der Waals surface area contributed by atoms with Crippen molar-refractivity contribution in [1.29, 1.82) is 0 Å². The van der Waals surface area contributed by atoms with Crippen molar-refractivity contribution in [3.8, 4) is 5.69 Å². The molecule has 4 aromatic rings. The Morgan fingerprint density at radius 2 is 1.74 bits per heavy atom. The smallest absolute Gasteiger partial charge is 0.380 e. The number of hydrogen-bond acceptors (Lipinski definition) is 8. The molecule has 0 bridgehead atoms. The molecule has 19 heteroatoms. The number of ketones is 1. The third kappa shape index (κ3) is 5.57. The van der Waals surface area contributed by atoms with Gasteiger partial charge in [0.25, 0.3) is 10.0 Å². The van der Waals surface area contributed by atoms with Crippen LogP contribution in [-0.4, -0.2) is 72.0 Å². The van der Waals surface area contributed by atoms with Crippen LogP contribution in [0.5, 0.6) is 0 Å². The fourth-order valence-electron chi connectivity index (χ4n) is 7.26. The molecule has 1 aromatic carbocycles. The van der Waals surface area contributed by atoms with Gasteiger partial charge < -0.3 is 5.11 Å². The van der Waals surface area contributed by atoms with Gasteiger partial charge in [-0.1, -0.05) is 5.57 Å². The SMILES string of the molecule is Cn1ccc(S(=O)(=O)N(C2CC(O)(C(F)(F)F)C2)[C@H]2CCC3=Cc4c(cnn4-c4ccc(F)cc4)C[C@]3(C(=O)c3ncc(C(F)(F)F)s3)C2)n1. The van der Waals surface area contributed by atoms with Gasteiger partial charge in [0, 0.05) is 38.2 Å². The Morgan fingerprint density at radius 1 is 1.04 bits per heavy atom. The summed E-state index contributed by atoms with van der Waals surface area (Å²) in [4.78, 5) is 17.2. The molecule has 2 saturated carbocycles. The van der Waals surface area contributed by atoms with E-state index in [0.29, 0.717) is 28.7 Å². The molecule has 3 aromatic heterocycles. The zero-order valence-corrected chi connectivity index (χ0v) is 27.5. The maximum Gasteiger partial charge on any atom is 0.427 e. The van der Waals surface area contributed by atoms with E-state index in [1.54, 1.807) is 6.08 Å². The third-order valence-electron chi connectivity index (χ3n) is 9.75. The van der Waals surface area contributed by atoms with Crippen LogP contribution in [0.1, 0.15) is 58.0 Å². The molecule has 3 aliphatic rings. The summed E-state index contributed by atoms with van der Waals surface area (Å²) in [6, 6.07) is 4.17. The van der Waals surface area contributed by atoms with E-state index in [-0.39, 0.29) is 37.0 Å². The lowest BCUT2D eigenvalue weighted by atomic mass is 9.60. The van der Waals surface area contributed by atoms with E-state index >= 15 is 0 Å². The number of allylic oxidation sites excluding steroid dienone is 1. The highest BCUT2D eigenvalue weighted by atomic mass is 32.2. The van der Waals surface area contributed by atoms with Crippen LogP contribution in [0.4, 0.5) is 30.7 Å². The monoisotopic (exact) mass is 744 g/mol. The normalized spacial score (nSPS) is 25.5. The predicted molar refractivity (Wildman–Crippen MR) is 163 cm³/mol. The highest BCUT2D eigenvalue weighted by Crippen LogP contribution is 2.55. The molecule has 3 heterocycles. The number of thiazole rings is 1. The first-order valence-corrected chi connectivity index (χ1v) is 17.5. The Kier molecular flexibility index (Phi) is 7.96. The van der Waals surface area contributed by atoms with Crippen LogP contribution in [0, 0.1) is 11.2 Å². The number of fused-ring (bicyclic) bond motifs is 2. The standard InChI is InChI=1S/C31H27F7N6O4S2/c1-42-9-8-25(41-42)50(47,48)44(22-13-29(46,14-22)31(36,37)38)21-5-2-18-10-23-17(15-40-43(23)20-6-3-19(32)4-7-20)11-28(18,12-21)26(45)27-39-16-24(49-27)30(33,34)35/h3-4,6-10,15-16,21-22,46H,2,5,11-14H2,1H3/t21-,22?,28-,29?/m0/s1. The van der Waals surface area contributed by atoms with Gasteiger partial charge >= 0.3 is 12.4 Å². The van der Waals surface area contributed by atoms with Crippen LogP contribution >= 0.6 is 11.3 Å². The van der Waals surface area contributed by atoms with Gasteiger partial charge in [-0.25, -0.2) is 22.5 Å². The number of benzene rings is 1. The van der Waals surface area contributed by atoms with Crippen LogP contribution in [0.15, 0.2) is 59.5 Å². The highest BCUT2D eigenvalue weighted by Gasteiger charge is 2.65. The maximum atomic E-state index is 14.5. The van der Waals surface area contributed by atoms with Crippen molar-refractivity contribution < 1.29 is 49.1 Å². The number of alkyl halides is 6. The van der Waals surface area contributed by atoms with Crippen molar-refractivity contribution in [3.63, 3.8) is 0 Å². The lowest BCUT2D eigenvalue weighted by molar-refractivity contribution is -0.297. The summed E-state index contributed by atoms with van der Waals surface area (Å²) in [6.45, 7) is 0. The number of aryl methyl sites for hydroxylation is 1. The van der Waals surface area contributed by atoms with Crippen LogP contribution in [-0.2, 0) is 29.7 Å². The van der Waals surface area contributed by atoms with Gasteiger partial charge in [-0.05, 0) is 67.7 Å². The average molecular weight is 745 g/mol. The van der Waals surface area contributed by atoms with Gasteiger partial charge in [-0.15, -0.1) is 11.3 Å². The number of nitrogens with zero attached hydrogens (tertiary/aromatic N) is 6. The van der Waals surface area contributed by atoms with Crippen LogP contribution in [0.3, 0.4) is 0 Å². The highest BCUT2D eigenvalue weighted by molar-refractivity contribution is 7.89. The molecule has 3 aliphatic carbocycles. The molecule has 0 aliphatic heterocycles. The Balaban J connectivity index is 1.33. The van der Waals surface area contributed by atoms with E-state index in [2.05, 4.69) is 15.2 Å². The van der Waals surface area contributed by atoms with Crippen molar-refractivity contribution in [1.82, 2.24) is 28.9 Å². The van der Waals surface area contributed by atoms with Gasteiger partial charge in [0.05, 0.1) is 29.2 Å². The summed E-state index contributed by atoms with van der Waals surface area (Å²) in [7, 11) is -3.16. The number of hydrogen-bond donors (Lipinski definition) is 1. The van der Waals surface area contributed by atoms with Gasteiger partial charge in [-0.3, -0.25) is 9.48 Å². The van der Waals surface area contributed by atoms with E-state index in [1.165, 1.54) is 59.1 Å². The molecule has 2 atom stereocenters. The van der Waals surface area contributed by atoms with Gasteiger partial charge in [0.15, 0.2) is 15.6 Å². The molecular weight excluding hydrogens is 717 g/mol. The van der Waals surface area contributed by atoms with Gasteiger partial charge in [0.1, 0.15) is 10.7 Å². The molecule has 1 N–H and O–H groups in total. The number of sulfonamides is 1. The molecule has 266 valence electrons.